The summed E-state index contributed by atoms with van der Waals surface area (Å²) >= 11 is 0. The molecule has 1 aromatic carbocycles. The SMILES string of the molecule is CCCCC(CCOC(=O)c1ccc(-c2ccc(CC)cn2)cc1)C(F)(F)F. The molecule has 0 aliphatic carbocycles. The topological polar surface area (TPSA) is 39.2 Å². The summed E-state index contributed by atoms with van der Waals surface area (Å²) in [7, 11) is 0. The van der Waals surface area contributed by atoms with Gasteiger partial charge >= 0.3 is 12.1 Å². The van der Waals surface area contributed by atoms with Crippen LogP contribution in [0.4, 0.5) is 13.2 Å². The molecule has 0 saturated heterocycles. The molecule has 0 bridgehead atoms. The van der Waals surface area contributed by atoms with Gasteiger partial charge in [-0.2, -0.15) is 13.2 Å². The number of alkyl halides is 3. The summed E-state index contributed by atoms with van der Waals surface area (Å²) in [6.45, 7) is 3.66. The van der Waals surface area contributed by atoms with Crippen LogP contribution in [0.1, 0.15) is 55.5 Å². The van der Waals surface area contributed by atoms with Crippen molar-refractivity contribution < 1.29 is 22.7 Å². The normalized spacial score (nSPS) is 12.6. The number of halogens is 3. The molecule has 0 aliphatic rings. The molecule has 152 valence electrons. The van der Waals surface area contributed by atoms with Gasteiger partial charge in [-0.3, -0.25) is 4.98 Å². The Morgan fingerprint density at radius 2 is 1.79 bits per heavy atom. The van der Waals surface area contributed by atoms with E-state index in [0.29, 0.717) is 18.4 Å². The van der Waals surface area contributed by atoms with Crippen LogP contribution in [0, 0.1) is 5.92 Å². The van der Waals surface area contributed by atoms with Crippen LogP contribution in [-0.2, 0) is 11.2 Å². The number of esters is 1. The lowest BCUT2D eigenvalue weighted by molar-refractivity contribution is -0.180. The fourth-order valence-electron chi connectivity index (χ4n) is 2.88. The van der Waals surface area contributed by atoms with E-state index in [1.807, 2.05) is 25.3 Å². The quantitative estimate of drug-likeness (QED) is 0.474. The number of nitrogens with zero attached hydrogens (tertiary/aromatic N) is 1. The van der Waals surface area contributed by atoms with Crippen molar-refractivity contribution in [2.75, 3.05) is 6.61 Å². The standard InChI is InChI=1S/C22H26F3NO2/c1-3-5-6-19(22(23,24)25)13-14-28-21(27)18-10-8-17(9-11-18)20-12-7-16(4-2)15-26-20/h7-12,15,19H,3-6,13-14H2,1-2H3. The molecule has 1 atom stereocenters. The molecule has 0 aliphatic heterocycles. The van der Waals surface area contributed by atoms with Crippen LogP contribution < -0.4 is 0 Å². The molecule has 0 amide bonds. The molecule has 6 heteroatoms. The van der Waals surface area contributed by atoms with Crippen molar-refractivity contribution in [3.8, 4) is 11.3 Å². The summed E-state index contributed by atoms with van der Waals surface area (Å²) in [6, 6.07) is 10.6. The summed E-state index contributed by atoms with van der Waals surface area (Å²) in [5.41, 5.74) is 3.10. The first-order valence-corrected chi connectivity index (χ1v) is 9.64. The molecule has 1 heterocycles. The van der Waals surface area contributed by atoms with Gasteiger partial charge in [-0.25, -0.2) is 4.79 Å². The summed E-state index contributed by atoms with van der Waals surface area (Å²) in [6.07, 6.45) is -0.471. The van der Waals surface area contributed by atoms with E-state index in [1.165, 1.54) is 0 Å². The van der Waals surface area contributed by atoms with Gasteiger partial charge in [-0.15, -0.1) is 0 Å². The summed E-state index contributed by atoms with van der Waals surface area (Å²) in [5, 5.41) is 0. The molecule has 0 N–H and O–H groups in total. The van der Waals surface area contributed by atoms with Gasteiger partial charge in [0, 0.05) is 11.8 Å². The number of aryl methyl sites for hydroxylation is 1. The van der Waals surface area contributed by atoms with E-state index < -0.39 is 18.1 Å². The first kappa shape index (κ1) is 21.9. The van der Waals surface area contributed by atoms with Gasteiger partial charge in [0.2, 0.25) is 0 Å². The minimum absolute atomic E-state index is 0.0655. The molecular weight excluding hydrogens is 367 g/mol. The molecule has 0 radical (unpaired) electrons. The highest BCUT2D eigenvalue weighted by Crippen LogP contribution is 2.32. The third kappa shape index (κ3) is 6.36. The first-order valence-electron chi connectivity index (χ1n) is 9.64. The Kier molecular flexibility index (Phi) is 8.03. The number of carbonyl (C=O) groups excluding carboxylic acids is 1. The Morgan fingerprint density at radius 3 is 2.32 bits per heavy atom. The van der Waals surface area contributed by atoms with Gasteiger partial charge in [0.05, 0.1) is 23.8 Å². The van der Waals surface area contributed by atoms with E-state index in [-0.39, 0.29) is 19.4 Å². The number of unbranched alkanes of at least 4 members (excludes halogenated alkanes) is 1. The molecule has 1 aromatic heterocycles. The van der Waals surface area contributed by atoms with Crippen LogP contribution in [0.25, 0.3) is 11.3 Å². The zero-order valence-corrected chi connectivity index (χ0v) is 16.3. The Balaban J connectivity index is 1.91. The third-order valence-corrected chi connectivity index (χ3v) is 4.72. The summed E-state index contributed by atoms with van der Waals surface area (Å²) in [5.74, 6) is -2.04. The van der Waals surface area contributed by atoms with E-state index in [1.54, 1.807) is 24.3 Å². The lowest BCUT2D eigenvalue weighted by Crippen LogP contribution is -2.25. The van der Waals surface area contributed by atoms with Crippen molar-refractivity contribution in [1.29, 1.82) is 0 Å². The van der Waals surface area contributed by atoms with Crippen molar-refractivity contribution in [2.45, 2.75) is 52.1 Å². The molecule has 0 fully saturated rings. The van der Waals surface area contributed by atoms with Crippen molar-refractivity contribution in [3.63, 3.8) is 0 Å². The fourth-order valence-corrected chi connectivity index (χ4v) is 2.88. The average Bonchev–Trinajstić information content (AvgIpc) is 2.69. The number of aromatic nitrogens is 1. The highest BCUT2D eigenvalue weighted by Gasteiger charge is 2.38. The second-order valence-corrected chi connectivity index (χ2v) is 6.79. The molecular formula is C22H26F3NO2. The van der Waals surface area contributed by atoms with Gasteiger partial charge in [0.25, 0.3) is 0 Å². The van der Waals surface area contributed by atoms with E-state index in [9.17, 15) is 18.0 Å². The zero-order valence-electron chi connectivity index (χ0n) is 16.3. The summed E-state index contributed by atoms with van der Waals surface area (Å²) in [4.78, 5) is 16.5. The fraction of sp³-hybridized carbons (Fsp3) is 0.455. The highest BCUT2D eigenvalue weighted by molar-refractivity contribution is 5.90. The van der Waals surface area contributed by atoms with E-state index in [0.717, 1.165) is 23.2 Å². The van der Waals surface area contributed by atoms with Gasteiger partial charge < -0.3 is 4.74 Å². The Hall–Kier alpha value is -2.37. The molecule has 2 aromatic rings. The maximum Gasteiger partial charge on any atom is 0.391 e. The van der Waals surface area contributed by atoms with Crippen LogP contribution in [0.15, 0.2) is 42.6 Å². The van der Waals surface area contributed by atoms with E-state index >= 15 is 0 Å². The van der Waals surface area contributed by atoms with Crippen LogP contribution in [-0.4, -0.2) is 23.7 Å². The average molecular weight is 393 g/mol. The molecule has 3 nitrogen and oxygen atoms in total. The zero-order chi connectivity index (χ0) is 20.6. The van der Waals surface area contributed by atoms with Crippen molar-refractivity contribution in [1.82, 2.24) is 4.98 Å². The Morgan fingerprint density at radius 1 is 1.07 bits per heavy atom. The number of carbonyl (C=O) groups is 1. The molecule has 2 rings (SSSR count). The maximum absolute atomic E-state index is 13.0. The number of pyridine rings is 1. The van der Waals surface area contributed by atoms with E-state index in [4.69, 9.17) is 4.74 Å². The molecule has 0 spiro atoms. The minimum Gasteiger partial charge on any atom is -0.462 e. The van der Waals surface area contributed by atoms with Crippen LogP contribution in [0.5, 0.6) is 0 Å². The number of rotatable bonds is 9. The number of ether oxygens (including phenoxy) is 1. The second-order valence-electron chi connectivity index (χ2n) is 6.79. The molecule has 0 saturated carbocycles. The minimum atomic E-state index is -4.26. The summed E-state index contributed by atoms with van der Waals surface area (Å²) < 4.78 is 44.0. The lowest BCUT2D eigenvalue weighted by Gasteiger charge is -2.19. The first-order chi connectivity index (χ1) is 13.3. The lowest BCUT2D eigenvalue weighted by atomic mass is 9.98. The predicted molar refractivity (Wildman–Crippen MR) is 103 cm³/mol. The van der Waals surface area contributed by atoms with Gasteiger partial charge in [-0.05, 0) is 43.0 Å². The second kappa shape index (κ2) is 10.2. The maximum atomic E-state index is 13.0. The molecule has 28 heavy (non-hydrogen) atoms. The highest BCUT2D eigenvalue weighted by atomic mass is 19.4. The predicted octanol–water partition coefficient (Wildman–Crippen LogP) is 6.23. The van der Waals surface area contributed by atoms with Gasteiger partial charge in [0.1, 0.15) is 0 Å². The van der Waals surface area contributed by atoms with Gasteiger partial charge in [-0.1, -0.05) is 44.9 Å². The van der Waals surface area contributed by atoms with Crippen molar-refractivity contribution >= 4 is 5.97 Å². The number of hydrogen-bond donors (Lipinski definition) is 0. The van der Waals surface area contributed by atoms with Crippen LogP contribution in [0.3, 0.4) is 0 Å². The third-order valence-electron chi connectivity index (χ3n) is 4.72. The Bertz CT molecular complexity index is 740. The number of benzene rings is 1. The largest absolute Gasteiger partial charge is 0.462 e. The van der Waals surface area contributed by atoms with Crippen molar-refractivity contribution in [3.05, 3.63) is 53.7 Å². The number of hydrogen-bond acceptors (Lipinski definition) is 3. The van der Waals surface area contributed by atoms with Gasteiger partial charge in [0.15, 0.2) is 0 Å². The monoisotopic (exact) mass is 393 g/mol. The Labute approximate surface area is 163 Å². The van der Waals surface area contributed by atoms with Crippen LogP contribution >= 0.6 is 0 Å². The van der Waals surface area contributed by atoms with E-state index in [2.05, 4.69) is 11.9 Å². The van der Waals surface area contributed by atoms with Crippen LogP contribution in [0.2, 0.25) is 0 Å². The smallest absolute Gasteiger partial charge is 0.391 e. The molecule has 1 unspecified atom stereocenters. The van der Waals surface area contributed by atoms with Crippen molar-refractivity contribution in [2.24, 2.45) is 5.92 Å².